The van der Waals surface area contributed by atoms with Crippen molar-refractivity contribution in [3.63, 3.8) is 0 Å². The monoisotopic (exact) mass is 419 g/mol. The van der Waals surface area contributed by atoms with E-state index in [1.807, 2.05) is 13.0 Å². The van der Waals surface area contributed by atoms with Crippen molar-refractivity contribution < 1.29 is 22.4 Å². The Morgan fingerprint density at radius 1 is 1.10 bits per heavy atom. The van der Waals surface area contributed by atoms with Crippen molar-refractivity contribution in [2.45, 2.75) is 37.6 Å². The lowest BCUT2D eigenvalue weighted by molar-refractivity contribution is -0.125. The van der Waals surface area contributed by atoms with Crippen LogP contribution in [0, 0.1) is 19.7 Å². The number of halogens is 1. The van der Waals surface area contributed by atoms with Gasteiger partial charge in [-0.3, -0.25) is 20.4 Å². The Bertz CT molecular complexity index is 1060. The maximum Gasteiger partial charge on any atom is 0.269 e. The molecule has 1 saturated heterocycles. The van der Waals surface area contributed by atoms with E-state index in [2.05, 4.69) is 10.9 Å². The summed E-state index contributed by atoms with van der Waals surface area (Å²) in [6.45, 7) is 3.78. The van der Waals surface area contributed by atoms with Gasteiger partial charge in [-0.05, 0) is 50.5 Å². The summed E-state index contributed by atoms with van der Waals surface area (Å²) >= 11 is 0. The molecule has 3 rings (SSSR count). The first-order chi connectivity index (χ1) is 13.7. The highest BCUT2D eigenvalue weighted by Crippen LogP contribution is 2.27. The summed E-state index contributed by atoms with van der Waals surface area (Å²) in [4.78, 5) is 24.4. The fourth-order valence-electron chi connectivity index (χ4n) is 3.41. The average Bonchev–Trinajstić information content (AvgIpc) is 3.17. The summed E-state index contributed by atoms with van der Waals surface area (Å²) in [6.07, 6.45) is 0.732. The molecule has 9 heteroatoms. The van der Waals surface area contributed by atoms with Crippen molar-refractivity contribution >= 4 is 21.8 Å². The van der Waals surface area contributed by atoms with Crippen LogP contribution in [0.1, 0.15) is 34.3 Å². The van der Waals surface area contributed by atoms with E-state index < -0.39 is 38.6 Å². The van der Waals surface area contributed by atoms with E-state index in [1.54, 1.807) is 19.1 Å². The standard InChI is InChI=1S/C20H22FN3O4S/c1-13-9-10-15(14(2)12-13)19(25)22-23-20(26)17-7-5-11-24(17)29(27,28)18-8-4-3-6-16(18)21/h3-4,6,8-10,12,17H,5,7,11H2,1-2H3,(H,22,25)(H,23,26). The quantitative estimate of drug-likeness (QED) is 0.742. The second kappa shape index (κ2) is 8.30. The predicted molar refractivity (Wildman–Crippen MR) is 105 cm³/mol. The van der Waals surface area contributed by atoms with Gasteiger partial charge in [-0.1, -0.05) is 29.8 Å². The lowest BCUT2D eigenvalue weighted by Gasteiger charge is -2.23. The van der Waals surface area contributed by atoms with Crippen LogP contribution in [0.3, 0.4) is 0 Å². The van der Waals surface area contributed by atoms with E-state index in [0.717, 1.165) is 21.5 Å². The lowest BCUT2D eigenvalue weighted by atomic mass is 10.1. The molecule has 1 atom stereocenters. The highest BCUT2D eigenvalue weighted by molar-refractivity contribution is 7.89. The van der Waals surface area contributed by atoms with E-state index in [4.69, 9.17) is 0 Å². The van der Waals surface area contributed by atoms with Gasteiger partial charge in [0.2, 0.25) is 10.0 Å². The minimum Gasteiger partial charge on any atom is -0.271 e. The molecule has 2 aromatic carbocycles. The number of hydrogen-bond donors (Lipinski definition) is 2. The Labute approximate surface area is 168 Å². The fourth-order valence-corrected chi connectivity index (χ4v) is 5.13. The van der Waals surface area contributed by atoms with Crippen molar-refractivity contribution in [1.29, 1.82) is 0 Å². The third kappa shape index (κ3) is 4.30. The Balaban J connectivity index is 1.72. The normalized spacial score (nSPS) is 17.1. The summed E-state index contributed by atoms with van der Waals surface area (Å²) in [5.74, 6) is -2.04. The van der Waals surface area contributed by atoms with Crippen LogP contribution >= 0.6 is 0 Å². The van der Waals surface area contributed by atoms with Gasteiger partial charge in [-0.2, -0.15) is 4.31 Å². The molecule has 0 radical (unpaired) electrons. The Morgan fingerprint density at radius 3 is 2.52 bits per heavy atom. The van der Waals surface area contributed by atoms with Gasteiger partial charge < -0.3 is 0 Å². The molecule has 0 bridgehead atoms. The number of hydrogen-bond acceptors (Lipinski definition) is 4. The highest BCUT2D eigenvalue weighted by Gasteiger charge is 2.40. The zero-order valence-corrected chi connectivity index (χ0v) is 16.9. The summed E-state index contributed by atoms with van der Waals surface area (Å²) in [7, 11) is -4.18. The molecule has 0 spiro atoms. The predicted octanol–water partition coefficient (Wildman–Crippen LogP) is 2.06. The van der Waals surface area contributed by atoms with Crippen LogP contribution in [0.15, 0.2) is 47.4 Å². The van der Waals surface area contributed by atoms with E-state index in [0.29, 0.717) is 12.0 Å². The van der Waals surface area contributed by atoms with Crippen LogP contribution in [-0.4, -0.2) is 37.1 Å². The van der Waals surface area contributed by atoms with Crippen molar-refractivity contribution in [2.75, 3.05) is 6.54 Å². The molecule has 0 aliphatic carbocycles. The SMILES string of the molecule is Cc1ccc(C(=O)NNC(=O)C2CCCN2S(=O)(=O)c2ccccc2F)c(C)c1. The number of sulfonamides is 1. The number of rotatable bonds is 4. The van der Waals surface area contributed by atoms with Crippen LogP contribution in [-0.2, 0) is 14.8 Å². The summed E-state index contributed by atoms with van der Waals surface area (Å²) in [5, 5.41) is 0. The molecule has 1 heterocycles. The number of hydrazine groups is 1. The number of carbonyl (C=O) groups excluding carboxylic acids is 2. The summed E-state index contributed by atoms with van der Waals surface area (Å²) in [6, 6.07) is 9.29. The number of nitrogens with zero attached hydrogens (tertiary/aromatic N) is 1. The van der Waals surface area contributed by atoms with Crippen LogP contribution in [0.4, 0.5) is 4.39 Å². The fraction of sp³-hybridized carbons (Fsp3) is 0.300. The summed E-state index contributed by atoms with van der Waals surface area (Å²) in [5.41, 5.74) is 6.77. The van der Waals surface area contributed by atoms with Crippen molar-refractivity contribution in [2.24, 2.45) is 0 Å². The molecule has 2 amide bonds. The summed E-state index contributed by atoms with van der Waals surface area (Å²) < 4.78 is 40.6. The molecule has 29 heavy (non-hydrogen) atoms. The molecule has 0 saturated carbocycles. The first-order valence-electron chi connectivity index (χ1n) is 9.15. The molecule has 1 unspecified atom stereocenters. The number of benzene rings is 2. The molecule has 1 aliphatic rings. The van der Waals surface area contributed by atoms with Crippen LogP contribution < -0.4 is 10.9 Å². The topological polar surface area (TPSA) is 95.6 Å². The molecule has 7 nitrogen and oxygen atoms in total. The van der Waals surface area contributed by atoms with Gasteiger partial charge in [0.15, 0.2) is 0 Å². The minimum atomic E-state index is -4.18. The molecule has 1 fully saturated rings. The van der Waals surface area contributed by atoms with Crippen LogP contribution in [0.5, 0.6) is 0 Å². The maximum atomic E-state index is 14.0. The molecule has 2 aromatic rings. The minimum absolute atomic E-state index is 0.0970. The first-order valence-corrected chi connectivity index (χ1v) is 10.6. The zero-order chi connectivity index (χ0) is 21.2. The van der Waals surface area contributed by atoms with Crippen molar-refractivity contribution in [3.8, 4) is 0 Å². The van der Waals surface area contributed by atoms with Gasteiger partial charge in [0.25, 0.3) is 11.8 Å². The largest absolute Gasteiger partial charge is 0.271 e. The molecule has 1 aliphatic heterocycles. The molecule has 154 valence electrons. The molecule has 2 N–H and O–H groups in total. The molecule has 0 aromatic heterocycles. The average molecular weight is 419 g/mol. The van der Waals surface area contributed by atoms with Gasteiger partial charge >= 0.3 is 0 Å². The Morgan fingerprint density at radius 2 is 1.83 bits per heavy atom. The van der Waals surface area contributed by atoms with Gasteiger partial charge in [-0.25, -0.2) is 12.8 Å². The Hall–Kier alpha value is -2.78. The van der Waals surface area contributed by atoms with Crippen LogP contribution in [0.2, 0.25) is 0 Å². The lowest BCUT2D eigenvalue weighted by Crippen LogP contribution is -2.51. The Kier molecular flexibility index (Phi) is 5.99. The van der Waals surface area contributed by atoms with Crippen LogP contribution in [0.25, 0.3) is 0 Å². The number of nitrogens with one attached hydrogen (secondary N) is 2. The van der Waals surface area contributed by atoms with Gasteiger partial charge in [0.1, 0.15) is 16.8 Å². The second-order valence-electron chi connectivity index (χ2n) is 6.97. The third-order valence-electron chi connectivity index (χ3n) is 4.86. The smallest absolute Gasteiger partial charge is 0.269 e. The number of aryl methyl sites for hydroxylation is 2. The second-order valence-corrected chi connectivity index (χ2v) is 8.82. The third-order valence-corrected chi connectivity index (χ3v) is 6.80. The van der Waals surface area contributed by atoms with Gasteiger partial charge in [0.05, 0.1) is 0 Å². The maximum absolute atomic E-state index is 14.0. The first kappa shape index (κ1) is 20.9. The van der Waals surface area contributed by atoms with E-state index in [9.17, 15) is 22.4 Å². The van der Waals surface area contributed by atoms with E-state index in [1.165, 1.54) is 18.2 Å². The van der Waals surface area contributed by atoms with E-state index in [-0.39, 0.29) is 13.0 Å². The zero-order valence-electron chi connectivity index (χ0n) is 16.1. The number of amides is 2. The van der Waals surface area contributed by atoms with Gasteiger partial charge in [0, 0.05) is 12.1 Å². The van der Waals surface area contributed by atoms with Crippen molar-refractivity contribution in [1.82, 2.24) is 15.2 Å². The van der Waals surface area contributed by atoms with E-state index >= 15 is 0 Å². The molecular weight excluding hydrogens is 397 g/mol. The highest BCUT2D eigenvalue weighted by atomic mass is 32.2. The van der Waals surface area contributed by atoms with Crippen molar-refractivity contribution in [3.05, 3.63) is 65.0 Å². The molecular formula is C20H22FN3O4S. The van der Waals surface area contributed by atoms with Gasteiger partial charge in [-0.15, -0.1) is 0 Å². The number of carbonyl (C=O) groups is 2.